The maximum atomic E-state index is 13.0. The van der Waals surface area contributed by atoms with Crippen LogP contribution >= 0.6 is 0 Å². The Bertz CT molecular complexity index is 487. The van der Waals surface area contributed by atoms with Crippen molar-refractivity contribution in [2.45, 2.75) is 18.4 Å². The molecule has 0 radical (unpaired) electrons. The van der Waals surface area contributed by atoms with E-state index >= 15 is 0 Å². The summed E-state index contributed by atoms with van der Waals surface area (Å²) in [7, 11) is 0. The monoisotopic (exact) mass is 253 g/mol. The number of carbonyl (C=O) groups is 1. The first-order chi connectivity index (χ1) is 8.48. The zero-order chi connectivity index (χ0) is 12.9. The Morgan fingerprint density at radius 3 is 2.28 bits per heavy atom. The van der Waals surface area contributed by atoms with Gasteiger partial charge in [-0.3, -0.25) is 4.79 Å². The fourth-order valence-electron chi connectivity index (χ4n) is 2.50. The molecule has 1 aliphatic heterocycles. The third-order valence-electron chi connectivity index (χ3n) is 3.66. The van der Waals surface area contributed by atoms with Gasteiger partial charge < -0.3 is 10.0 Å². The zero-order valence-electron chi connectivity index (χ0n) is 9.70. The Hall–Kier alpha value is -1.49. The Kier molecular flexibility index (Phi) is 2.41. The van der Waals surface area contributed by atoms with Crippen LogP contribution in [0.1, 0.15) is 23.2 Å². The number of halogens is 2. The molecule has 2 fully saturated rings. The molecule has 1 N–H and O–H groups in total. The van der Waals surface area contributed by atoms with E-state index in [2.05, 4.69) is 0 Å². The molecule has 0 bridgehead atoms. The van der Waals surface area contributed by atoms with Crippen molar-refractivity contribution < 1.29 is 18.7 Å². The van der Waals surface area contributed by atoms with Gasteiger partial charge in [-0.25, -0.2) is 8.78 Å². The number of amides is 1. The molecule has 18 heavy (non-hydrogen) atoms. The van der Waals surface area contributed by atoms with Gasteiger partial charge in [0, 0.05) is 11.6 Å². The number of benzene rings is 1. The molecule has 96 valence electrons. The van der Waals surface area contributed by atoms with Gasteiger partial charge in [-0.1, -0.05) is 0 Å². The lowest BCUT2D eigenvalue weighted by atomic mass is 9.88. The predicted molar refractivity (Wildman–Crippen MR) is 59.9 cm³/mol. The maximum absolute atomic E-state index is 13.0. The van der Waals surface area contributed by atoms with Crippen molar-refractivity contribution >= 4 is 5.91 Å². The minimum atomic E-state index is -0.776. The van der Waals surface area contributed by atoms with Gasteiger partial charge in [0.25, 0.3) is 5.91 Å². The van der Waals surface area contributed by atoms with Gasteiger partial charge in [0.15, 0.2) is 0 Å². The summed E-state index contributed by atoms with van der Waals surface area (Å²) in [5.74, 6) is -1.68. The first-order valence-corrected chi connectivity index (χ1v) is 5.96. The lowest BCUT2D eigenvalue weighted by Gasteiger charge is -2.47. The second kappa shape index (κ2) is 3.75. The van der Waals surface area contributed by atoms with Gasteiger partial charge in [0.05, 0.1) is 13.1 Å². The number of hydrogen-bond donors (Lipinski definition) is 1. The topological polar surface area (TPSA) is 40.5 Å². The van der Waals surface area contributed by atoms with Crippen LogP contribution < -0.4 is 0 Å². The van der Waals surface area contributed by atoms with E-state index in [9.17, 15) is 18.7 Å². The minimum Gasteiger partial charge on any atom is -0.386 e. The molecule has 2 aliphatic rings. The van der Waals surface area contributed by atoms with Crippen LogP contribution in [0.2, 0.25) is 0 Å². The first-order valence-electron chi connectivity index (χ1n) is 5.96. The summed E-state index contributed by atoms with van der Waals surface area (Å²) < 4.78 is 26.0. The fourth-order valence-corrected chi connectivity index (χ4v) is 2.50. The molecule has 0 aromatic heterocycles. The van der Waals surface area contributed by atoms with Crippen LogP contribution in [-0.4, -0.2) is 34.6 Å². The van der Waals surface area contributed by atoms with Crippen LogP contribution in [0.25, 0.3) is 0 Å². The van der Waals surface area contributed by atoms with Crippen molar-refractivity contribution in [3.05, 3.63) is 35.4 Å². The molecule has 1 saturated carbocycles. The fraction of sp³-hybridized carbons (Fsp3) is 0.462. The largest absolute Gasteiger partial charge is 0.386 e. The van der Waals surface area contributed by atoms with E-state index in [1.165, 1.54) is 4.90 Å². The lowest BCUT2D eigenvalue weighted by molar-refractivity contribution is -0.0958. The molecule has 1 heterocycles. The van der Waals surface area contributed by atoms with Crippen LogP contribution in [0.3, 0.4) is 0 Å². The average Bonchev–Trinajstić information content (AvgIpc) is 3.06. The second-order valence-corrected chi connectivity index (χ2v) is 5.20. The predicted octanol–water partition coefficient (Wildman–Crippen LogP) is 1.56. The Morgan fingerprint density at radius 1 is 1.22 bits per heavy atom. The van der Waals surface area contributed by atoms with E-state index < -0.39 is 23.1 Å². The van der Waals surface area contributed by atoms with E-state index in [-0.39, 0.29) is 24.6 Å². The number of β-amino-alcohol motifs (C(OH)–C–C–N with tert-alkyl or cyclic N) is 1. The van der Waals surface area contributed by atoms with Crippen molar-refractivity contribution in [1.82, 2.24) is 4.90 Å². The number of likely N-dealkylation sites (tertiary alicyclic amines) is 1. The van der Waals surface area contributed by atoms with Crippen molar-refractivity contribution in [3.63, 3.8) is 0 Å². The maximum Gasteiger partial charge on any atom is 0.254 e. The molecule has 3 rings (SSSR count). The molecule has 1 aromatic rings. The van der Waals surface area contributed by atoms with Crippen LogP contribution in [0.5, 0.6) is 0 Å². The van der Waals surface area contributed by atoms with Gasteiger partial charge >= 0.3 is 0 Å². The Morgan fingerprint density at radius 2 is 1.78 bits per heavy atom. The zero-order valence-corrected chi connectivity index (χ0v) is 9.70. The summed E-state index contributed by atoms with van der Waals surface area (Å²) >= 11 is 0. The van der Waals surface area contributed by atoms with Crippen molar-refractivity contribution in [1.29, 1.82) is 0 Å². The van der Waals surface area contributed by atoms with Gasteiger partial charge in [-0.2, -0.15) is 0 Å². The molecule has 5 heteroatoms. The molecule has 1 aliphatic carbocycles. The molecule has 0 spiro atoms. The van der Waals surface area contributed by atoms with Gasteiger partial charge in [-0.05, 0) is 30.9 Å². The lowest BCUT2D eigenvalue weighted by Crippen LogP contribution is -2.64. The average molecular weight is 253 g/mol. The number of aliphatic hydroxyl groups is 1. The van der Waals surface area contributed by atoms with Crippen molar-refractivity contribution in [3.8, 4) is 0 Å². The van der Waals surface area contributed by atoms with E-state index in [0.717, 1.165) is 31.0 Å². The number of nitrogens with zero attached hydrogens (tertiary/aromatic N) is 1. The third kappa shape index (κ3) is 1.88. The van der Waals surface area contributed by atoms with Crippen LogP contribution in [0.15, 0.2) is 18.2 Å². The van der Waals surface area contributed by atoms with Crippen molar-refractivity contribution in [2.24, 2.45) is 5.92 Å². The summed E-state index contributed by atoms with van der Waals surface area (Å²) in [5, 5.41) is 10.1. The molecule has 1 amide bonds. The number of rotatable bonds is 2. The Labute approximate surface area is 103 Å². The number of hydrogen-bond acceptors (Lipinski definition) is 2. The molecular formula is C13H13F2NO2. The van der Waals surface area contributed by atoms with Gasteiger partial charge in [-0.15, -0.1) is 0 Å². The summed E-state index contributed by atoms with van der Waals surface area (Å²) in [6.45, 7) is 0.517. The molecule has 1 saturated heterocycles. The second-order valence-electron chi connectivity index (χ2n) is 5.20. The summed E-state index contributed by atoms with van der Waals surface area (Å²) in [5.41, 5.74) is -0.785. The highest BCUT2D eigenvalue weighted by molar-refractivity contribution is 5.95. The van der Waals surface area contributed by atoms with Crippen LogP contribution in [0, 0.1) is 17.6 Å². The van der Waals surface area contributed by atoms with E-state index in [1.807, 2.05) is 0 Å². The highest BCUT2D eigenvalue weighted by Crippen LogP contribution is 2.44. The normalized spacial score (nSPS) is 21.6. The molecule has 0 atom stereocenters. The van der Waals surface area contributed by atoms with E-state index in [0.29, 0.717) is 0 Å². The molecule has 3 nitrogen and oxygen atoms in total. The summed E-state index contributed by atoms with van der Waals surface area (Å²) in [6.07, 6.45) is 1.99. The van der Waals surface area contributed by atoms with Crippen LogP contribution in [-0.2, 0) is 0 Å². The molecule has 1 aromatic carbocycles. The number of carbonyl (C=O) groups excluding carboxylic acids is 1. The van der Waals surface area contributed by atoms with Crippen LogP contribution in [0.4, 0.5) is 8.78 Å². The van der Waals surface area contributed by atoms with Gasteiger partial charge in [0.2, 0.25) is 0 Å². The smallest absolute Gasteiger partial charge is 0.254 e. The standard InChI is InChI=1S/C13H13F2NO2/c14-10-3-8(4-11(15)5-10)12(17)16-6-13(18,7-16)9-1-2-9/h3-5,9,18H,1-2,6-7H2. The quantitative estimate of drug-likeness (QED) is 0.869. The minimum absolute atomic E-state index is 0.00894. The summed E-state index contributed by atoms with van der Waals surface area (Å²) in [4.78, 5) is 13.4. The Balaban J connectivity index is 1.72. The van der Waals surface area contributed by atoms with Crippen molar-refractivity contribution in [2.75, 3.05) is 13.1 Å². The first kappa shape index (κ1) is 11.6. The highest BCUT2D eigenvalue weighted by atomic mass is 19.1. The third-order valence-corrected chi connectivity index (χ3v) is 3.66. The van der Waals surface area contributed by atoms with Gasteiger partial charge in [0.1, 0.15) is 17.2 Å². The van der Waals surface area contributed by atoms with E-state index in [4.69, 9.17) is 0 Å². The molecular weight excluding hydrogens is 240 g/mol. The SMILES string of the molecule is O=C(c1cc(F)cc(F)c1)N1CC(O)(C2CC2)C1. The molecule has 0 unspecified atom stereocenters. The summed E-state index contributed by atoms with van der Waals surface area (Å²) in [6, 6.07) is 2.76. The van der Waals surface area contributed by atoms with E-state index in [1.54, 1.807) is 0 Å². The highest BCUT2D eigenvalue weighted by Gasteiger charge is 2.53.